The van der Waals surface area contributed by atoms with E-state index in [0.717, 1.165) is 0 Å². The molecule has 0 N–H and O–H groups in total. The highest BCUT2D eigenvalue weighted by atomic mass is 28.3. The van der Waals surface area contributed by atoms with Crippen molar-refractivity contribution in [1.82, 2.24) is 0 Å². The highest BCUT2D eigenvalue weighted by Gasteiger charge is 1.98. The van der Waals surface area contributed by atoms with Gasteiger partial charge in [0, 0.05) is 19.6 Å². The molecule has 0 rings (SSSR count). The van der Waals surface area contributed by atoms with E-state index in [2.05, 4.69) is 20.8 Å². The summed E-state index contributed by atoms with van der Waals surface area (Å²) in [6, 6.07) is 4.37. The van der Waals surface area contributed by atoms with E-state index in [1.54, 1.807) is 0 Å². The summed E-state index contributed by atoms with van der Waals surface area (Å²) < 4.78 is 0. The van der Waals surface area contributed by atoms with Gasteiger partial charge in [-0.2, -0.15) is 0 Å². The van der Waals surface area contributed by atoms with E-state index in [4.69, 9.17) is 10.8 Å². The molecule has 3 heteroatoms. The van der Waals surface area contributed by atoms with Gasteiger partial charge in [0.05, 0.1) is 0 Å². The molecule has 0 bridgehead atoms. The molecule has 53 valence electrons. The molecule has 2 nitrogen and oxygen atoms in total. The van der Waals surface area contributed by atoms with E-state index in [0.29, 0.717) is 0 Å². The van der Waals surface area contributed by atoms with E-state index in [-0.39, 0.29) is 8.80 Å². The Morgan fingerprint density at radius 2 is 1.11 bits per heavy atom. The van der Waals surface area contributed by atoms with Crippen LogP contribution in [0.2, 0.25) is 18.1 Å². The third kappa shape index (κ3) is 7.64. The zero-order valence-electron chi connectivity index (χ0n) is 6.52. The third-order valence-electron chi connectivity index (χ3n) is 1.50. The summed E-state index contributed by atoms with van der Waals surface area (Å²) in [5, 5.41) is 12.0. The molecule has 1 radical (unpaired) electrons. The predicted octanol–water partition coefficient (Wildman–Crippen LogP) is 2.57. The Labute approximate surface area is 59.3 Å². The van der Waals surface area contributed by atoms with Gasteiger partial charge in [-0.05, 0) is 0 Å². The first-order valence-electron chi connectivity index (χ1n) is 3.38. The van der Waals surface area contributed by atoms with E-state index < -0.39 is 0 Å². The maximum Gasteiger partial charge on any atom is 0.0470 e. The maximum absolute atomic E-state index is 6.00. The molecule has 9 heavy (non-hydrogen) atoms. The van der Waals surface area contributed by atoms with E-state index in [1.807, 2.05) is 0 Å². The monoisotopic (exact) mass is 143 g/mol. The normalized spacial score (nSPS) is 8.22. The first kappa shape index (κ1) is 11.4. The lowest BCUT2D eigenvalue weighted by atomic mass is 10.9. The van der Waals surface area contributed by atoms with Crippen molar-refractivity contribution in [1.29, 1.82) is 10.8 Å². The van der Waals surface area contributed by atoms with Gasteiger partial charge in [0.15, 0.2) is 0 Å². The highest BCUT2D eigenvalue weighted by Crippen LogP contribution is 2.01. The van der Waals surface area contributed by atoms with Gasteiger partial charge in [-0.3, -0.25) is 0 Å². The molecule has 0 saturated carbocycles. The van der Waals surface area contributed by atoms with Crippen LogP contribution in [-0.2, 0) is 0 Å². The molecule has 0 saturated heterocycles. The summed E-state index contributed by atoms with van der Waals surface area (Å²) in [7, 11) is 0.137. The second kappa shape index (κ2) is 10.6. The van der Waals surface area contributed by atoms with Crippen LogP contribution in [0.3, 0.4) is 0 Å². The second-order valence-corrected chi connectivity index (χ2v) is 5.43. The van der Waals surface area contributed by atoms with Gasteiger partial charge in [-0.15, -0.1) is 0 Å². The van der Waals surface area contributed by atoms with Crippen LogP contribution in [0, 0.1) is 10.8 Å². The van der Waals surface area contributed by atoms with Gasteiger partial charge < -0.3 is 0 Å². The van der Waals surface area contributed by atoms with Gasteiger partial charge in [0.1, 0.15) is 0 Å². The second-order valence-electron chi connectivity index (χ2n) is 1.81. The highest BCUT2D eigenvalue weighted by molar-refractivity contribution is 6.58. The predicted molar refractivity (Wildman–Crippen MR) is 40.6 cm³/mol. The molecule has 0 aliphatic carbocycles. The Morgan fingerprint density at radius 1 is 0.889 bits per heavy atom. The lowest BCUT2D eigenvalue weighted by Crippen LogP contribution is -2.04. The standard InChI is InChI=1S/C6H15Si.N2/c1-4-7(5-2)6-3;1-2/h4-6H2,1-3H3;. The Hall–Kier alpha value is -0.363. The van der Waals surface area contributed by atoms with Crippen LogP contribution in [0.1, 0.15) is 20.8 Å². The van der Waals surface area contributed by atoms with E-state index in [1.165, 1.54) is 18.1 Å². The minimum atomic E-state index is 0.137. The van der Waals surface area contributed by atoms with Crippen LogP contribution in [0.4, 0.5) is 0 Å². The van der Waals surface area contributed by atoms with E-state index >= 15 is 0 Å². The Balaban J connectivity index is 0. The fourth-order valence-corrected chi connectivity index (χ4v) is 2.25. The van der Waals surface area contributed by atoms with Crippen molar-refractivity contribution in [3.8, 4) is 0 Å². The first-order valence-corrected chi connectivity index (χ1v) is 5.50. The number of nitrogens with zero attached hydrogens (tertiary/aromatic N) is 2. The molecule has 0 aliphatic rings. The average Bonchev–Trinajstić information content (AvgIpc) is 1.96. The summed E-state index contributed by atoms with van der Waals surface area (Å²) >= 11 is 0. The summed E-state index contributed by atoms with van der Waals surface area (Å²) in [5.41, 5.74) is 0. The Bertz CT molecular complexity index is 53.8. The van der Waals surface area contributed by atoms with Gasteiger partial charge >= 0.3 is 0 Å². The van der Waals surface area contributed by atoms with Crippen molar-refractivity contribution in [2.75, 3.05) is 0 Å². The van der Waals surface area contributed by atoms with Crippen molar-refractivity contribution in [2.24, 2.45) is 0 Å². The smallest absolute Gasteiger partial charge is 0.0470 e. The molecule has 0 amide bonds. The van der Waals surface area contributed by atoms with Crippen LogP contribution in [-0.4, -0.2) is 8.80 Å². The van der Waals surface area contributed by atoms with Gasteiger partial charge in [-0.25, -0.2) is 0 Å². The molecule has 0 aromatic heterocycles. The van der Waals surface area contributed by atoms with Crippen molar-refractivity contribution in [3.63, 3.8) is 0 Å². The van der Waals surface area contributed by atoms with Crippen LogP contribution in [0.5, 0.6) is 0 Å². The van der Waals surface area contributed by atoms with Crippen LogP contribution in [0.25, 0.3) is 0 Å². The molecule has 0 spiro atoms. The lowest BCUT2D eigenvalue weighted by molar-refractivity contribution is 1.15. The zero-order chi connectivity index (χ0) is 7.70. The molecule has 0 heterocycles. The van der Waals surface area contributed by atoms with Crippen LogP contribution in [0.15, 0.2) is 0 Å². The molecule has 0 aliphatic heterocycles. The minimum absolute atomic E-state index is 0.137. The quantitative estimate of drug-likeness (QED) is 0.450. The fraction of sp³-hybridized carbons (Fsp3) is 1.00. The molecule has 0 unspecified atom stereocenters. The molecular formula is C6H15N2Si. The SMILES string of the molecule is CC[Si](CC)CC.N#N. The van der Waals surface area contributed by atoms with Gasteiger partial charge in [0.25, 0.3) is 0 Å². The number of rotatable bonds is 3. The Morgan fingerprint density at radius 3 is 1.11 bits per heavy atom. The average molecular weight is 143 g/mol. The van der Waals surface area contributed by atoms with E-state index in [9.17, 15) is 0 Å². The van der Waals surface area contributed by atoms with Crippen molar-refractivity contribution in [2.45, 2.75) is 38.9 Å². The van der Waals surface area contributed by atoms with Gasteiger partial charge in [-0.1, -0.05) is 38.9 Å². The van der Waals surface area contributed by atoms with Crippen LogP contribution >= 0.6 is 0 Å². The molecule has 0 aromatic carbocycles. The largest absolute Gasteiger partial charge is 0.0680 e. The number of hydrogen-bond donors (Lipinski definition) is 0. The third-order valence-corrected chi connectivity index (χ3v) is 4.50. The zero-order valence-corrected chi connectivity index (χ0v) is 7.52. The molecule has 0 aromatic rings. The maximum atomic E-state index is 6.00. The minimum Gasteiger partial charge on any atom is -0.0680 e. The molecule has 0 fully saturated rings. The topological polar surface area (TPSA) is 47.6 Å². The summed E-state index contributed by atoms with van der Waals surface area (Å²) in [6.45, 7) is 6.92. The molecule has 0 atom stereocenters. The van der Waals surface area contributed by atoms with Crippen LogP contribution < -0.4 is 0 Å². The van der Waals surface area contributed by atoms with Gasteiger partial charge in [0.2, 0.25) is 0 Å². The lowest BCUT2D eigenvalue weighted by Gasteiger charge is -2.02. The summed E-state index contributed by atoms with van der Waals surface area (Å²) in [5.74, 6) is 0. The summed E-state index contributed by atoms with van der Waals surface area (Å²) in [6.07, 6.45) is 0. The summed E-state index contributed by atoms with van der Waals surface area (Å²) in [4.78, 5) is 0. The fourth-order valence-electron chi connectivity index (χ4n) is 0.750. The number of hydrogen-bond acceptors (Lipinski definition) is 2. The van der Waals surface area contributed by atoms with Crippen molar-refractivity contribution in [3.05, 3.63) is 0 Å². The first-order chi connectivity index (χ1) is 4.35. The Kier molecular flexibility index (Phi) is 13.5. The molecular weight excluding hydrogens is 128 g/mol. The van der Waals surface area contributed by atoms with Crippen molar-refractivity contribution >= 4 is 8.80 Å². The van der Waals surface area contributed by atoms with Crippen molar-refractivity contribution < 1.29 is 0 Å².